The van der Waals surface area contributed by atoms with Crippen LogP contribution in [0, 0.1) is 5.92 Å². The number of aromatic hydroxyl groups is 1. The molecule has 0 fully saturated rings. The summed E-state index contributed by atoms with van der Waals surface area (Å²) in [4.78, 5) is 149. The predicted molar refractivity (Wildman–Crippen MR) is 278 cm³/mol. The van der Waals surface area contributed by atoms with E-state index in [9.17, 15) is 68.1 Å². The third kappa shape index (κ3) is 24.7. The van der Waals surface area contributed by atoms with Gasteiger partial charge in [-0.3, -0.25) is 52.9 Å². The van der Waals surface area contributed by atoms with Crippen molar-refractivity contribution in [1.29, 1.82) is 0 Å². The molecule has 0 unspecified atom stereocenters. The van der Waals surface area contributed by atoms with Crippen molar-refractivity contribution in [3.8, 4) is 5.75 Å². The quantitative estimate of drug-likeness (QED) is 0.0178. The standard InChI is InChI=1S/C49H74N14O14/c1-25(2)21-34(44(72)56-26(3)41(69)61-36(22-28-9-6-5-7-10-28)45(73)60-33(48(76)77)11-8-20-55-49(53)54)62-43(71)31(16-18-37(51)66)58-42(70)32(17-19-38(52)67)59-47(75)40(27(4)64)63-46(74)35(57-39(68)24-50)23-29-12-14-30(65)15-13-29/h5-7,9-10,12-15,25-27,31-36,40,64-65H,8,11,16-24,50H2,1-4H3,(H2,51,66)(H2,52,67)(H,56,72)(H,57,68)(H,58,70)(H,59,75)(H,60,73)(H,61,69)(H,62,71)(H,63,74)(H,76,77)(H4,53,54,55)/t26-,27+,31-,32-,33-,34-,35-,36-,40-/m0/s1. The van der Waals surface area contributed by atoms with E-state index in [0.29, 0.717) is 11.1 Å². The Morgan fingerprint density at radius 2 is 0.987 bits per heavy atom. The Kier molecular flexibility index (Phi) is 27.6. The maximum atomic E-state index is 14.1. The van der Waals surface area contributed by atoms with E-state index in [1.807, 2.05) is 0 Å². The second-order valence-corrected chi connectivity index (χ2v) is 18.6. The van der Waals surface area contributed by atoms with E-state index in [-0.39, 0.29) is 56.3 Å². The Morgan fingerprint density at radius 1 is 0.532 bits per heavy atom. The summed E-state index contributed by atoms with van der Waals surface area (Å²) in [6.07, 6.45) is -3.73. The van der Waals surface area contributed by atoms with Crippen molar-refractivity contribution >= 4 is 71.0 Å². The third-order valence-electron chi connectivity index (χ3n) is 11.5. The predicted octanol–water partition coefficient (Wildman–Crippen LogP) is -4.87. The van der Waals surface area contributed by atoms with Crippen molar-refractivity contribution in [2.24, 2.45) is 39.6 Å². The zero-order valence-electron chi connectivity index (χ0n) is 43.4. The van der Waals surface area contributed by atoms with Crippen LogP contribution in [0.3, 0.4) is 0 Å². The lowest BCUT2D eigenvalue weighted by Gasteiger charge is -2.28. The minimum atomic E-state index is -1.80. The van der Waals surface area contributed by atoms with Crippen LogP contribution in [0.1, 0.15) is 83.8 Å². The number of phenols is 1. The number of aliphatic imine (C=N–C) groups is 1. The number of nitrogens with one attached hydrogen (secondary N) is 8. The monoisotopic (exact) mass is 1080 g/mol. The molecule has 9 atom stereocenters. The average Bonchev–Trinajstić information content (AvgIpc) is 3.35. The number of primary amides is 2. The molecule has 28 heteroatoms. The molecule has 424 valence electrons. The molecule has 0 aliphatic carbocycles. The smallest absolute Gasteiger partial charge is 0.326 e. The first kappa shape index (κ1) is 64.7. The summed E-state index contributed by atoms with van der Waals surface area (Å²) in [5, 5.41) is 49.7. The Balaban J connectivity index is 2.35. The molecule has 2 aromatic carbocycles. The van der Waals surface area contributed by atoms with E-state index < -0.39 is 152 Å². The van der Waals surface area contributed by atoms with Crippen LogP contribution in [0.5, 0.6) is 5.75 Å². The molecule has 28 nitrogen and oxygen atoms in total. The van der Waals surface area contributed by atoms with Gasteiger partial charge in [0.15, 0.2) is 5.96 Å². The number of hydrogen-bond donors (Lipinski definition) is 16. The molecule has 0 aliphatic heterocycles. The number of benzene rings is 2. The molecular weight excluding hydrogens is 1010 g/mol. The summed E-state index contributed by atoms with van der Waals surface area (Å²) in [5.74, 6) is -11.4. The van der Waals surface area contributed by atoms with E-state index >= 15 is 0 Å². The van der Waals surface area contributed by atoms with Crippen molar-refractivity contribution in [3.63, 3.8) is 0 Å². The Bertz CT molecular complexity index is 2390. The van der Waals surface area contributed by atoms with Crippen LogP contribution in [0.4, 0.5) is 0 Å². The zero-order chi connectivity index (χ0) is 57.9. The number of phenolic OH excluding ortho intramolecular Hbond substituents is 1. The van der Waals surface area contributed by atoms with Gasteiger partial charge < -0.3 is 86.5 Å². The number of guanidine groups is 1. The average molecular weight is 1080 g/mol. The van der Waals surface area contributed by atoms with Crippen LogP contribution in [-0.2, 0) is 65.6 Å². The molecule has 10 amide bonds. The minimum absolute atomic E-state index is 0.0450. The molecule has 0 saturated heterocycles. The van der Waals surface area contributed by atoms with E-state index in [1.165, 1.54) is 31.2 Å². The Morgan fingerprint density at radius 3 is 1.48 bits per heavy atom. The highest BCUT2D eigenvalue weighted by molar-refractivity contribution is 5.98. The lowest BCUT2D eigenvalue weighted by atomic mass is 10.0. The van der Waals surface area contributed by atoms with Crippen molar-refractivity contribution < 1.29 is 68.1 Å². The topological polar surface area (TPSA) is 487 Å². The fourth-order valence-electron chi connectivity index (χ4n) is 7.38. The second-order valence-electron chi connectivity index (χ2n) is 18.6. The molecule has 0 aromatic heterocycles. The SMILES string of the molecule is CC(C)C[C@H](NC(=O)[C@H](CCC(N)=O)NC(=O)[C@H](CCC(N)=O)NC(=O)[C@@H](NC(=O)[C@H](Cc1ccc(O)cc1)NC(=O)CN)[C@@H](C)O)C(=O)N[C@@H](C)C(=O)N[C@@H](Cc1ccccc1)C(=O)N[C@@H](CCCN=C(N)N)C(=O)O. The first-order valence-corrected chi connectivity index (χ1v) is 24.7. The highest BCUT2D eigenvalue weighted by Crippen LogP contribution is 2.14. The van der Waals surface area contributed by atoms with Gasteiger partial charge in [0.25, 0.3) is 0 Å². The van der Waals surface area contributed by atoms with Crippen molar-refractivity contribution in [2.45, 2.75) is 140 Å². The van der Waals surface area contributed by atoms with E-state index in [2.05, 4.69) is 47.5 Å². The number of aliphatic hydroxyl groups excluding tert-OH is 1. The summed E-state index contributed by atoms with van der Waals surface area (Å²) in [7, 11) is 0. The fraction of sp³-hybridized carbons (Fsp3) is 0.510. The summed E-state index contributed by atoms with van der Waals surface area (Å²) in [6, 6.07) is 2.09. The molecule has 0 radical (unpaired) electrons. The summed E-state index contributed by atoms with van der Waals surface area (Å²) in [5.41, 5.74) is 28.0. The number of aliphatic hydroxyl groups is 1. The number of carboxylic acids is 1. The number of rotatable bonds is 34. The number of nitrogens with two attached hydrogens (primary N) is 5. The van der Waals surface area contributed by atoms with E-state index in [1.54, 1.807) is 44.2 Å². The van der Waals surface area contributed by atoms with Crippen LogP contribution >= 0.6 is 0 Å². The number of nitrogens with zero attached hydrogens (tertiary/aromatic N) is 1. The number of hydrogen-bond acceptors (Lipinski definition) is 15. The highest BCUT2D eigenvalue weighted by Gasteiger charge is 2.36. The van der Waals surface area contributed by atoms with Gasteiger partial charge in [0.2, 0.25) is 59.1 Å². The molecule has 0 aliphatic rings. The third-order valence-corrected chi connectivity index (χ3v) is 11.5. The zero-order valence-corrected chi connectivity index (χ0v) is 43.4. The molecule has 2 rings (SSSR count). The Hall–Kier alpha value is -8.40. The first-order valence-electron chi connectivity index (χ1n) is 24.7. The number of carbonyl (C=O) groups excluding carboxylic acids is 10. The maximum Gasteiger partial charge on any atom is 0.326 e. The second kappa shape index (κ2) is 32.8. The van der Waals surface area contributed by atoms with Gasteiger partial charge in [-0.15, -0.1) is 0 Å². The molecule has 77 heavy (non-hydrogen) atoms. The largest absolute Gasteiger partial charge is 0.508 e. The van der Waals surface area contributed by atoms with Gasteiger partial charge in [-0.25, -0.2) is 4.79 Å². The number of aliphatic carboxylic acids is 1. The van der Waals surface area contributed by atoms with Crippen LogP contribution in [0.2, 0.25) is 0 Å². The lowest BCUT2D eigenvalue weighted by molar-refractivity contribution is -0.142. The molecule has 2 aromatic rings. The maximum absolute atomic E-state index is 14.1. The molecule has 0 bridgehead atoms. The molecular formula is C49H74N14O14. The lowest BCUT2D eigenvalue weighted by Crippen LogP contribution is -2.61. The first-order chi connectivity index (χ1) is 36.2. The van der Waals surface area contributed by atoms with Crippen LogP contribution in [0.25, 0.3) is 0 Å². The van der Waals surface area contributed by atoms with Gasteiger partial charge in [-0.1, -0.05) is 56.3 Å². The van der Waals surface area contributed by atoms with Crippen LogP contribution in [0.15, 0.2) is 59.6 Å². The Labute approximate surface area is 444 Å². The number of amides is 10. The minimum Gasteiger partial charge on any atom is -0.508 e. The summed E-state index contributed by atoms with van der Waals surface area (Å²) >= 11 is 0. The number of carbonyl (C=O) groups is 11. The number of carboxylic acid groups (broad SMARTS) is 1. The van der Waals surface area contributed by atoms with Gasteiger partial charge in [-0.05, 0) is 75.1 Å². The molecule has 0 saturated carbocycles. The normalized spacial score (nSPS) is 14.4. The summed E-state index contributed by atoms with van der Waals surface area (Å²) < 4.78 is 0. The fourth-order valence-corrected chi connectivity index (χ4v) is 7.38. The van der Waals surface area contributed by atoms with Gasteiger partial charge in [0.05, 0.1) is 12.6 Å². The molecule has 0 spiro atoms. The van der Waals surface area contributed by atoms with Crippen molar-refractivity contribution in [1.82, 2.24) is 42.5 Å². The molecule has 21 N–H and O–H groups in total. The highest BCUT2D eigenvalue weighted by atomic mass is 16.4. The van der Waals surface area contributed by atoms with Crippen molar-refractivity contribution in [2.75, 3.05) is 13.1 Å². The van der Waals surface area contributed by atoms with E-state index in [4.69, 9.17) is 28.7 Å². The molecule has 0 heterocycles. The van der Waals surface area contributed by atoms with Gasteiger partial charge in [-0.2, -0.15) is 0 Å². The van der Waals surface area contributed by atoms with Crippen LogP contribution < -0.4 is 71.2 Å². The van der Waals surface area contributed by atoms with Gasteiger partial charge >= 0.3 is 5.97 Å². The van der Waals surface area contributed by atoms with Gasteiger partial charge in [0, 0.05) is 32.2 Å². The summed E-state index contributed by atoms with van der Waals surface area (Å²) in [6.45, 7) is 5.45. The van der Waals surface area contributed by atoms with Crippen molar-refractivity contribution in [3.05, 3.63) is 65.7 Å². The van der Waals surface area contributed by atoms with Crippen LogP contribution in [-0.4, -0.2) is 154 Å². The van der Waals surface area contributed by atoms with Gasteiger partial charge in [0.1, 0.15) is 54.1 Å². The van der Waals surface area contributed by atoms with E-state index in [0.717, 1.165) is 6.92 Å².